The number of ether oxygens (including phenoxy) is 1. The minimum absolute atomic E-state index is 0.192. The highest BCUT2D eigenvalue weighted by Gasteiger charge is 2.20. The first-order valence-electron chi connectivity index (χ1n) is 6.19. The molecule has 1 heterocycles. The van der Waals surface area contributed by atoms with E-state index in [9.17, 15) is 8.42 Å². The number of benzene rings is 1. The number of thiophene rings is 1. The first-order valence-corrected chi connectivity index (χ1v) is 9.28. The number of sulfonamides is 1. The van der Waals surface area contributed by atoms with Gasteiger partial charge < -0.3 is 10.5 Å². The number of nitrogens with two attached hydrogens (primary N) is 1. The van der Waals surface area contributed by atoms with Crippen molar-refractivity contribution < 1.29 is 13.2 Å². The number of para-hydroxylation sites is 1. The average molecular weight is 391 g/mol. The molecule has 0 aliphatic heterocycles. The van der Waals surface area contributed by atoms with Crippen LogP contribution in [0.5, 0.6) is 5.75 Å². The fourth-order valence-electron chi connectivity index (χ4n) is 1.62. The van der Waals surface area contributed by atoms with Crippen molar-refractivity contribution in [2.45, 2.75) is 11.4 Å². The highest BCUT2D eigenvalue weighted by Crippen LogP contribution is 2.31. The third-order valence-corrected chi connectivity index (χ3v) is 6.34. The van der Waals surface area contributed by atoms with Gasteiger partial charge in [-0.15, -0.1) is 11.3 Å². The van der Waals surface area contributed by atoms with E-state index >= 15 is 0 Å². The molecule has 0 unspecified atom stereocenters. The van der Waals surface area contributed by atoms with Crippen LogP contribution in [0.4, 0.5) is 0 Å². The molecule has 0 atom stereocenters. The first kappa shape index (κ1) is 16.4. The Labute approximate surface area is 136 Å². The summed E-state index contributed by atoms with van der Waals surface area (Å²) in [6.07, 6.45) is 0. The molecule has 0 aliphatic rings. The van der Waals surface area contributed by atoms with Crippen molar-refractivity contribution in [2.75, 3.05) is 13.2 Å². The number of nitrogens with one attached hydrogen (secondary N) is 1. The van der Waals surface area contributed by atoms with Gasteiger partial charge in [0.25, 0.3) is 0 Å². The van der Waals surface area contributed by atoms with Gasteiger partial charge in [0.1, 0.15) is 17.3 Å². The number of hydrogen-bond donors (Lipinski definition) is 2. The summed E-state index contributed by atoms with van der Waals surface area (Å²) in [5, 5.41) is 0. The summed E-state index contributed by atoms with van der Waals surface area (Å²) in [5.74, 6) is 0.707. The summed E-state index contributed by atoms with van der Waals surface area (Å²) >= 11 is 4.57. The van der Waals surface area contributed by atoms with Gasteiger partial charge in [-0.2, -0.15) is 0 Å². The molecule has 2 aromatic rings. The first-order chi connectivity index (χ1) is 10.0. The van der Waals surface area contributed by atoms with E-state index in [0.717, 1.165) is 4.88 Å². The zero-order chi connectivity index (χ0) is 15.3. The van der Waals surface area contributed by atoms with Crippen LogP contribution in [-0.2, 0) is 16.6 Å². The minimum atomic E-state index is -3.56. The van der Waals surface area contributed by atoms with Crippen molar-refractivity contribution in [3.05, 3.63) is 45.1 Å². The quantitative estimate of drug-likeness (QED) is 0.710. The molecule has 0 aliphatic carbocycles. The van der Waals surface area contributed by atoms with Crippen LogP contribution in [0.2, 0.25) is 0 Å². The lowest BCUT2D eigenvalue weighted by molar-refractivity contribution is 0.323. The van der Waals surface area contributed by atoms with Crippen LogP contribution in [-0.4, -0.2) is 21.6 Å². The third-order valence-electron chi connectivity index (χ3n) is 2.60. The van der Waals surface area contributed by atoms with E-state index in [1.165, 1.54) is 11.3 Å². The fourth-order valence-corrected chi connectivity index (χ4v) is 5.19. The summed E-state index contributed by atoms with van der Waals surface area (Å²) in [5.41, 5.74) is 5.52. The minimum Gasteiger partial charge on any atom is -0.492 e. The van der Waals surface area contributed by atoms with Gasteiger partial charge in [0.2, 0.25) is 10.0 Å². The van der Waals surface area contributed by atoms with Crippen molar-refractivity contribution >= 4 is 37.3 Å². The summed E-state index contributed by atoms with van der Waals surface area (Å²) < 4.78 is 32.8. The summed E-state index contributed by atoms with van der Waals surface area (Å²) in [6, 6.07) is 10.8. The van der Waals surface area contributed by atoms with Crippen LogP contribution < -0.4 is 15.2 Å². The Kier molecular flexibility index (Phi) is 5.77. The van der Waals surface area contributed by atoms with Gasteiger partial charge in [-0.25, -0.2) is 13.1 Å². The molecule has 0 fully saturated rings. The molecule has 5 nitrogen and oxygen atoms in total. The summed E-state index contributed by atoms with van der Waals surface area (Å²) in [4.78, 5) is 1.02. The molecule has 2 rings (SSSR count). The molecule has 3 N–H and O–H groups in total. The van der Waals surface area contributed by atoms with Gasteiger partial charge in [0, 0.05) is 18.0 Å². The predicted octanol–water partition coefficient (Wildman–Crippen LogP) is 2.33. The molecule has 0 bridgehead atoms. The second-order valence-electron chi connectivity index (χ2n) is 4.11. The Morgan fingerprint density at radius 1 is 1.29 bits per heavy atom. The van der Waals surface area contributed by atoms with Crippen molar-refractivity contribution in [1.29, 1.82) is 0 Å². The van der Waals surface area contributed by atoms with E-state index in [2.05, 4.69) is 20.7 Å². The topological polar surface area (TPSA) is 81.4 Å². The second-order valence-corrected chi connectivity index (χ2v) is 8.30. The maximum Gasteiger partial charge on any atom is 0.242 e. The van der Waals surface area contributed by atoms with Crippen LogP contribution >= 0.6 is 27.3 Å². The van der Waals surface area contributed by atoms with E-state index in [-0.39, 0.29) is 18.0 Å². The van der Waals surface area contributed by atoms with Crippen LogP contribution in [0.1, 0.15) is 4.88 Å². The molecule has 0 saturated carbocycles. The lowest BCUT2D eigenvalue weighted by atomic mass is 10.3. The van der Waals surface area contributed by atoms with Crippen LogP contribution in [0.25, 0.3) is 0 Å². The van der Waals surface area contributed by atoms with Crippen LogP contribution in [0, 0.1) is 0 Å². The van der Waals surface area contributed by atoms with E-state index < -0.39 is 10.0 Å². The Morgan fingerprint density at radius 2 is 2.00 bits per heavy atom. The standard InChI is InChI=1S/C13H15BrN2O3S2/c14-13-12(8-11(9-15)20-13)21(17,18)16-6-7-19-10-4-2-1-3-5-10/h1-5,8,16H,6-7,9,15H2. The third kappa shape index (κ3) is 4.52. The number of rotatable bonds is 7. The number of halogens is 1. The molecule has 0 saturated heterocycles. The molecule has 0 amide bonds. The van der Waals surface area contributed by atoms with Crippen molar-refractivity contribution in [2.24, 2.45) is 5.73 Å². The highest BCUT2D eigenvalue weighted by molar-refractivity contribution is 9.11. The molecule has 1 aromatic carbocycles. The van der Waals surface area contributed by atoms with Crippen molar-refractivity contribution in [3.63, 3.8) is 0 Å². The molecular formula is C13H15BrN2O3S2. The summed E-state index contributed by atoms with van der Waals surface area (Å²) in [6.45, 7) is 0.766. The van der Waals surface area contributed by atoms with Crippen LogP contribution in [0.3, 0.4) is 0 Å². The van der Waals surface area contributed by atoms with E-state index in [4.69, 9.17) is 10.5 Å². The van der Waals surface area contributed by atoms with Crippen molar-refractivity contribution in [3.8, 4) is 5.75 Å². The lowest BCUT2D eigenvalue weighted by Gasteiger charge is -2.07. The SMILES string of the molecule is NCc1cc(S(=O)(=O)NCCOc2ccccc2)c(Br)s1. The second kappa shape index (κ2) is 7.37. The normalized spacial score (nSPS) is 11.5. The maximum atomic E-state index is 12.2. The number of hydrogen-bond acceptors (Lipinski definition) is 5. The fraction of sp³-hybridized carbons (Fsp3) is 0.231. The average Bonchev–Trinajstić information content (AvgIpc) is 2.87. The Hall–Kier alpha value is -0.930. The van der Waals surface area contributed by atoms with E-state index in [1.54, 1.807) is 6.07 Å². The smallest absolute Gasteiger partial charge is 0.242 e. The van der Waals surface area contributed by atoms with E-state index in [0.29, 0.717) is 16.1 Å². The van der Waals surface area contributed by atoms with Gasteiger partial charge in [-0.05, 0) is 34.1 Å². The molecule has 8 heteroatoms. The lowest BCUT2D eigenvalue weighted by Crippen LogP contribution is -2.28. The van der Waals surface area contributed by atoms with E-state index in [1.807, 2.05) is 30.3 Å². The highest BCUT2D eigenvalue weighted by atomic mass is 79.9. The Balaban J connectivity index is 1.91. The summed E-state index contributed by atoms with van der Waals surface area (Å²) in [7, 11) is -3.56. The van der Waals surface area contributed by atoms with Gasteiger partial charge in [-0.1, -0.05) is 18.2 Å². The van der Waals surface area contributed by atoms with Gasteiger partial charge in [0.15, 0.2) is 0 Å². The molecule has 0 spiro atoms. The Morgan fingerprint density at radius 3 is 2.62 bits per heavy atom. The Bertz CT molecular complexity index is 687. The van der Waals surface area contributed by atoms with Gasteiger partial charge in [0.05, 0.1) is 3.79 Å². The zero-order valence-corrected chi connectivity index (χ0v) is 14.3. The maximum absolute atomic E-state index is 12.2. The predicted molar refractivity (Wildman–Crippen MR) is 87.0 cm³/mol. The molecule has 1 aromatic heterocycles. The molecule has 114 valence electrons. The molecule has 21 heavy (non-hydrogen) atoms. The van der Waals surface area contributed by atoms with Gasteiger partial charge in [-0.3, -0.25) is 0 Å². The van der Waals surface area contributed by atoms with Crippen LogP contribution in [0.15, 0.2) is 45.1 Å². The zero-order valence-electron chi connectivity index (χ0n) is 11.1. The van der Waals surface area contributed by atoms with Crippen molar-refractivity contribution in [1.82, 2.24) is 4.72 Å². The molecule has 0 radical (unpaired) electrons. The van der Waals surface area contributed by atoms with Gasteiger partial charge >= 0.3 is 0 Å². The molecular weight excluding hydrogens is 376 g/mol. The monoisotopic (exact) mass is 390 g/mol. The largest absolute Gasteiger partial charge is 0.492 e.